The summed E-state index contributed by atoms with van der Waals surface area (Å²) in [5, 5.41) is 3.42. The van der Waals surface area contributed by atoms with E-state index in [4.69, 9.17) is 19.9 Å². The number of aliphatic imine (C=N–C) groups is 1. The molecule has 2 aliphatic rings. The topological polar surface area (TPSA) is 78.1 Å². The lowest BCUT2D eigenvalue weighted by Gasteiger charge is -2.60. The van der Waals surface area contributed by atoms with Crippen LogP contribution in [0.15, 0.2) is 23.2 Å². The lowest BCUT2D eigenvalue weighted by molar-refractivity contribution is -0.188. The van der Waals surface area contributed by atoms with E-state index in [0.717, 1.165) is 18.6 Å². The number of nitrogens with two attached hydrogens (primary N) is 1. The Hall–Kier alpha value is -1.22. The van der Waals surface area contributed by atoms with Crippen molar-refractivity contribution in [2.75, 3.05) is 20.8 Å². The fourth-order valence-electron chi connectivity index (χ4n) is 4.18. The van der Waals surface area contributed by atoms with Crippen LogP contribution < -0.4 is 20.5 Å². The molecule has 3 atom stereocenters. The zero-order chi connectivity index (χ0) is 18.0. The molecule has 1 aromatic rings. The van der Waals surface area contributed by atoms with E-state index in [9.17, 15) is 0 Å². The van der Waals surface area contributed by atoms with Crippen molar-refractivity contribution in [1.82, 2.24) is 5.32 Å². The summed E-state index contributed by atoms with van der Waals surface area (Å²) in [6.07, 6.45) is 2.64. The molecular formula is C19H30IN3O3. The summed E-state index contributed by atoms with van der Waals surface area (Å²) >= 11 is 0. The fourth-order valence-corrected chi connectivity index (χ4v) is 4.18. The predicted molar refractivity (Wildman–Crippen MR) is 113 cm³/mol. The Morgan fingerprint density at radius 3 is 2.73 bits per heavy atom. The van der Waals surface area contributed by atoms with E-state index in [1.165, 1.54) is 6.42 Å². The Bertz CT molecular complexity index is 651. The molecule has 7 heteroatoms. The zero-order valence-electron chi connectivity index (χ0n) is 16.0. The maximum atomic E-state index is 6.14. The van der Waals surface area contributed by atoms with Gasteiger partial charge in [-0.2, -0.15) is 0 Å². The maximum Gasteiger partial charge on any atom is 0.189 e. The van der Waals surface area contributed by atoms with Crippen molar-refractivity contribution in [1.29, 1.82) is 0 Å². The maximum absolute atomic E-state index is 6.14. The number of rotatable bonds is 5. The molecule has 0 spiro atoms. The van der Waals surface area contributed by atoms with Crippen LogP contribution in [-0.4, -0.2) is 38.9 Å². The van der Waals surface area contributed by atoms with Crippen molar-refractivity contribution in [3.63, 3.8) is 0 Å². The van der Waals surface area contributed by atoms with Crippen LogP contribution in [0.5, 0.6) is 11.5 Å². The molecule has 3 N–H and O–H groups in total. The van der Waals surface area contributed by atoms with E-state index in [1.54, 1.807) is 14.2 Å². The van der Waals surface area contributed by atoms with Crippen LogP contribution in [0.25, 0.3) is 0 Å². The molecule has 0 amide bonds. The van der Waals surface area contributed by atoms with Crippen molar-refractivity contribution >= 4 is 29.9 Å². The van der Waals surface area contributed by atoms with Crippen LogP contribution >= 0.6 is 24.0 Å². The molecule has 0 aromatic heterocycles. The summed E-state index contributed by atoms with van der Waals surface area (Å²) in [6, 6.07) is 6.09. The Balaban J connectivity index is 0.00000243. The highest BCUT2D eigenvalue weighted by Gasteiger charge is 2.58. The minimum Gasteiger partial charge on any atom is -0.493 e. The van der Waals surface area contributed by atoms with Crippen LogP contribution in [0.3, 0.4) is 0 Å². The van der Waals surface area contributed by atoms with Gasteiger partial charge in [0.15, 0.2) is 17.5 Å². The first kappa shape index (κ1) is 21.1. The molecule has 146 valence electrons. The first-order valence-corrected chi connectivity index (χ1v) is 8.86. The predicted octanol–water partition coefficient (Wildman–Crippen LogP) is 2.93. The van der Waals surface area contributed by atoms with E-state index in [2.05, 4.69) is 24.2 Å². The smallest absolute Gasteiger partial charge is 0.189 e. The quantitative estimate of drug-likeness (QED) is 0.389. The van der Waals surface area contributed by atoms with Gasteiger partial charge in [-0.05, 0) is 30.5 Å². The van der Waals surface area contributed by atoms with Crippen molar-refractivity contribution in [3.8, 4) is 11.5 Å². The molecule has 0 bridgehead atoms. The van der Waals surface area contributed by atoms with Crippen molar-refractivity contribution < 1.29 is 14.2 Å². The number of benzene rings is 1. The van der Waals surface area contributed by atoms with Gasteiger partial charge >= 0.3 is 0 Å². The Labute approximate surface area is 172 Å². The van der Waals surface area contributed by atoms with Crippen molar-refractivity contribution in [2.45, 2.75) is 45.4 Å². The molecule has 1 aromatic carbocycles. The molecule has 2 fully saturated rings. The summed E-state index contributed by atoms with van der Waals surface area (Å²) in [5.41, 5.74) is 7.24. The van der Waals surface area contributed by atoms with Gasteiger partial charge in [0, 0.05) is 24.0 Å². The van der Waals surface area contributed by atoms with Crippen LogP contribution in [0.4, 0.5) is 0 Å². The summed E-state index contributed by atoms with van der Waals surface area (Å²) in [6.45, 7) is 5.84. The second-order valence-corrected chi connectivity index (χ2v) is 7.43. The molecule has 0 radical (unpaired) electrons. The molecule has 1 aliphatic heterocycles. The van der Waals surface area contributed by atoms with Gasteiger partial charge in [-0.25, -0.2) is 4.99 Å². The van der Waals surface area contributed by atoms with Gasteiger partial charge in [0.25, 0.3) is 0 Å². The Kier molecular flexibility index (Phi) is 7.01. The van der Waals surface area contributed by atoms with Crippen LogP contribution in [-0.2, 0) is 11.3 Å². The van der Waals surface area contributed by atoms with Gasteiger partial charge in [0.1, 0.15) is 0 Å². The molecule has 1 aliphatic carbocycles. The van der Waals surface area contributed by atoms with Crippen LogP contribution in [0, 0.1) is 11.3 Å². The molecule has 1 saturated heterocycles. The van der Waals surface area contributed by atoms with E-state index < -0.39 is 0 Å². The lowest BCUT2D eigenvalue weighted by atomic mass is 9.55. The number of nitrogens with one attached hydrogen (secondary N) is 1. The first-order chi connectivity index (χ1) is 12.0. The SMILES string of the molecule is COc1ccc(CN=C(N)NC2C3CCCOC3C2(C)C)cc1OC.I. The van der Waals surface area contributed by atoms with Gasteiger partial charge in [-0.3, -0.25) is 0 Å². The van der Waals surface area contributed by atoms with Gasteiger partial charge in [-0.15, -0.1) is 24.0 Å². The van der Waals surface area contributed by atoms with Gasteiger partial charge < -0.3 is 25.3 Å². The molecule has 3 rings (SSSR count). The number of fused-ring (bicyclic) bond motifs is 1. The summed E-state index contributed by atoms with van der Waals surface area (Å²) in [7, 11) is 3.25. The average Bonchev–Trinajstić information content (AvgIpc) is 2.64. The third-order valence-corrected chi connectivity index (χ3v) is 5.51. The minimum atomic E-state index is 0. The second-order valence-electron chi connectivity index (χ2n) is 7.43. The number of methoxy groups -OCH3 is 2. The van der Waals surface area contributed by atoms with Gasteiger partial charge in [0.05, 0.1) is 26.9 Å². The molecule has 6 nitrogen and oxygen atoms in total. The Morgan fingerprint density at radius 1 is 1.31 bits per heavy atom. The number of guanidine groups is 1. The first-order valence-electron chi connectivity index (χ1n) is 8.86. The highest BCUT2D eigenvalue weighted by atomic mass is 127. The number of halogens is 1. The standard InChI is InChI=1S/C19H29N3O3.HI/c1-19(2)16(13-6-5-9-25-17(13)19)22-18(20)21-11-12-7-8-14(23-3)15(10-12)24-4;/h7-8,10,13,16-17H,5-6,9,11H2,1-4H3,(H3,20,21,22);1H. The van der Waals surface area contributed by atoms with Crippen molar-refractivity contribution in [2.24, 2.45) is 22.1 Å². The average molecular weight is 475 g/mol. The molecule has 1 saturated carbocycles. The molecule has 3 unspecified atom stereocenters. The van der Waals surface area contributed by atoms with Crippen LogP contribution in [0.2, 0.25) is 0 Å². The van der Waals surface area contributed by atoms with Gasteiger partial charge in [-0.1, -0.05) is 19.9 Å². The Morgan fingerprint density at radius 2 is 2.04 bits per heavy atom. The highest BCUT2D eigenvalue weighted by molar-refractivity contribution is 14.0. The minimum absolute atomic E-state index is 0. The number of ether oxygens (including phenoxy) is 3. The molecular weight excluding hydrogens is 445 g/mol. The highest BCUT2D eigenvalue weighted by Crippen LogP contribution is 2.51. The third kappa shape index (κ3) is 4.03. The van der Waals surface area contributed by atoms with E-state index >= 15 is 0 Å². The number of nitrogens with zero attached hydrogens (tertiary/aromatic N) is 1. The normalized spacial score (nSPS) is 26.8. The number of hydrogen-bond acceptors (Lipinski definition) is 4. The summed E-state index contributed by atoms with van der Waals surface area (Å²) in [4.78, 5) is 4.50. The molecule has 1 heterocycles. The lowest BCUT2D eigenvalue weighted by Crippen LogP contribution is -2.70. The summed E-state index contributed by atoms with van der Waals surface area (Å²) in [5.74, 6) is 2.42. The molecule has 26 heavy (non-hydrogen) atoms. The van der Waals surface area contributed by atoms with E-state index in [1.807, 2.05) is 18.2 Å². The second kappa shape index (κ2) is 8.65. The largest absolute Gasteiger partial charge is 0.493 e. The third-order valence-electron chi connectivity index (χ3n) is 5.51. The van der Waals surface area contributed by atoms with Crippen LogP contribution in [0.1, 0.15) is 32.3 Å². The fraction of sp³-hybridized carbons (Fsp3) is 0.632. The van der Waals surface area contributed by atoms with Crippen molar-refractivity contribution in [3.05, 3.63) is 23.8 Å². The summed E-state index contributed by atoms with van der Waals surface area (Å²) < 4.78 is 16.5. The zero-order valence-corrected chi connectivity index (χ0v) is 18.3. The van der Waals surface area contributed by atoms with E-state index in [0.29, 0.717) is 42.1 Å². The number of hydrogen-bond donors (Lipinski definition) is 2. The van der Waals surface area contributed by atoms with E-state index in [-0.39, 0.29) is 29.4 Å². The monoisotopic (exact) mass is 475 g/mol. The van der Waals surface area contributed by atoms with Gasteiger partial charge in [0.2, 0.25) is 0 Å².